The van der Waals surface area contributed by atoms with Crippen molar-refractivity contribution in [3.05, 3.63) is 23.8 Å². The fourth-order valence-electron chi connectivity index (χ4n) is 1.92. The van der Waals surface area contributed by atoms with Gasteiger partial charge in [0, 0.05) is 5.56 Å². The monoisotopic (exact) mass is 265 g/mol. The van der Waals surface area contributed by atoms with Crippen LogP contribution in [-0.2, 0) is 16.1 Å². The average molecular weight is 265 g/mol. The number of aromatic hydroxyl groups is 1. The largest absolute Gasteiger partial charge is 0.508 e. The fraction of sp³-hybridized carbons (Fsp3) is 0.500. The van der Waals surface area contributed by atoms with Gasteiger partial charge < -0.3 is 14.6 Å². The van der Waals surface area contributed by atoms with Crippen LogP contribution in [0.15, 0.2) is 18.2 Å². The minimum atomic E-state index is -0.540. The van der Waals surface area contributed by atoms with Gasteiger partial charge >= 0.3 is 6.09 Å². The number of hydrogen-bond donors (Lipinski definition) is 1. The topological polar surface area (TPSA) is 59.0 Å². The zero-order valence-corrected chi connectivity index (χ0v) is 11.5. The van der Waals surface area contributed by atoms with Gasteiger partial charge in [0.05, 0.1) is 25.4 Å². The first kappa shape index (κ1) is 13.7. The van der Waals surface area contributed by atoms with E-state index in [9.17, 15) is 9.90 Å². The zero-order valence-electron chi connectivity index (χ0n) is 11.5. The lowest BCUT2D eigenvalue weighted by molar-refractivity contribution is 0.0566. The molecule has 0 aromatic heterocycles. The summed E-state index contributed by atoms with van der Waals surface area (Å²) in [6, 6.07) is 4.88. The molecule has 2 rings (SSSR count). The van der Waals surface area contributed by atoms with Gasteiger partial charge in [0.15, 0.2) is 0 Å². The molecule has 1 aliphatic heterocycles. The fourth-order valence-corrected chi connectivity index (χ4v) is 1.92. The standard InChI is InChI=1S/C14H19NO4/c1-14(2,3)19-13(17)15-6-7-18-9-10-8-11(16)4-5-12(10)15/h4-5,8,16H,6-7,9H2,1-3H3. The highest BCUT2D eigenvalue weighted by atomic mass is 16.6. The summed E-state index contributed by atoms with van der Waals surface area (Å²) in [5.74, 6) is 0.161. The second-order valence-corrected chi connectivity index (χ2v) is 5.50. The van der Waals surface area contributed by atoms with Gasteiger partial charge in [-0.25, -0.2) is 4.79 Å². The molecule has 1 aromatic rings. The van der Waals surface area contributed by atoms with E-state index in [-0.39, 0.29) is 5.75 Å². The summed E-state index contributed by atoms with van der Waals surface area (Å²) in [6.45, 7) is 6.75. The minimum Gasteiger partial charge on any atom is -0.508 e. The van der Waals surface area contributed by atoms with Crippen molar-refractivity contribution in [1.82, 2.24) is 0 Å². The van der Waals surface area contributed by atoms with Crippen molar-refractivity contribution in [2.45, 2.75) is 33.0 Å². The van der Waals surface area contributed by atoms with Crippen molar-refractivity contribution in [1.29, 1.82) is 0 Å². The Kier molecular flexibility index (Phi) is 3.66. The smallest absolute Gasteiger partial charge is 0.414 e. The number of phenolic OH excluding ortho intramolecular Hbond substituents is 1. The molecule has 0 aliphatic carbocycles. The molecular formula is C14H19NO4. The highest BCUT2D eigenvalue weighted by Crippen LogP contribution is 2.28. The molecule has 0 spiro atoms. The van der Waals surface area contributed by atoms with E-state index in [2.05, 4.69) is 0 Å². The summed E-state index contributed by atoms with van der Waals surface area (Å²) in [4.78, 5) is 13.7. The van der Waals surface area contributed by atoms with Crippen LogP contribution in [0.5, 0.6) is 5.75 Å². The van der Waals surface area contributed by atoms with Crippen molar-refractivity contribution in [3.63, 3.8) is 0 Å². The molecule has 1 amide bonds. The van der Waals surface area contributed by atoms with Crippen LogP contribution in [-0.4, -0.2) is 30.0 Å². The molecule has 0 unspecified atom stereocenters. The summed E-state index contributed by atoms with van der Waals surface area (Å²) in [5, 5.41) is 9.50. The number of rotatable bonds is 0. The van der Waals surface area contributed by atoms with E-state index in [0.717, 1.165) is 11.3 Å². The number of nitrogens with zero attached hydrogens (tertiary/aromatic N) is 1. The Bertz CT molecular complexity index is 479. The first-order chi connectivity index (χ1) is 8.87. The molecular weight excluding hydrogens is 246 g/mol. The van der Waals surface area contributed by atoms with Crippen LogP contribution in [0.2, 0.25) is 0 Å². The Morgan fingerprint density at radius 1 is 1.42 bits per heavy atom. The van der Waals surface area contributed by atoms with Gasteiger partial charge in [-0.05, 0) is 39.0 Å². The lowest BCUT2D eigenvalue weighted by atomic mass is 10.1. The predicted molar refractivity (Wildman–Crippen MR) is 71.3 cm³/mol. The Labute approximate surface area is 112 Å². The molecule has 0 saturated heterocycles. The summed E-state index contributed by atoms with van der Waals surface area (Å²) < 4.78 is 10.8. The molecule has 1 aliphatic rings. The molecule has 0 radical (unpaired) electrons. The van der Waals surface area contributed by atoms with Gasteiger partial charge in [-0.1, -0.05) is 0 Å². The average Bonchev–Trinajstić information content (AvgIpc) is 2.48. The maximum atomic E-state index is 12.2. The number of carbonyl (C=O) groups excluding carboxylic acids is 1. The van der Waals surface area contributed by atoms with Gasteiger partial charge in [-0.15, -0.1) is 0 Å². The van der Waals surface area contributed by atoms with Crippen molar-refractivity contribution in [2.24, 2.45) is 0 Å². The maximum Gasteiger partial charge on any atom is 0.414 e. The van der Waals surface area contributed by atoms with E-state index in [1.54, 1.807) is 23.1 Å². The molecule has 0 bridgehead atoms. The number of fused-ring (bicyclic) bond motifs is 1. The lowest BCUT2D eigenvalue weighted by Crippen LogP contribution is -2.38. The third-order valence-electron chi connectivity index (χ3n) is 2.68. The zero-order chi connectivity index (χ0) is 14.0. The highest BCUT2D eigenvalue weighted by Gasteiger charge is 2.26. The van der Waals surface area contributed by atoms with E-state index < -0.39 is 11.7 Å². The number of benzene rings is 1. The molecule has 19 heavy (non-hydrogen) atoms. The molecule has 0 fully saturated rings. The van der Waals surface area contributed by atoms with Crippen LogP contribution in [0.4, 0.5) is 10.5 Å². The molecule has 5 nitrogen and oxygen atoms in total. The molecule has 1 aromatic carbocycles. The number of hydrogen-bond acceptors (Lipinski definition) is 4. The number of ether oxygens (including phenoxy) is 2. The molecule has 104 valence electrons. The van der Waals surface area contributed by atoms with Gasteiger partial charge in [-0.3, -0.25) is 4.90 Å². The number of anilines is 1. The summed E-state index contributed by atoms with van der Waals surface area (Å²) in [5.41, 5.74) is 0.967. The molecule has 5 heteroatoms. The van der Waals surface area contributed by atoms with Gasteiger partial charge in [0.25, 0.3) is 0 Å². The molecule has 0 atom stereocenters. The SMILES string of the molecule is CC(C)(C)OC(=O)N1CCOCc2cc(O)ccc21. The third kappa shape index (κ3) is 3.38. The first-order valence-electron chi connectivity index (χ1n) is 6.27. The Hall–Kier alpha value is -1.75. The van der Waals surface area contributed by atoms with Crippen LogP contribution in [0.1, 0.15) is 26.3 Å². The van der Waals surface area contributed by atoms with Crippen LogP contribution < -0.4 is 4.90 Å². The quantitative estimate of drug-likeness (QED) is 0.783. The number of amides is 1. The van der Waals surface area contributed by atoms with E-state index in [1.165, 1.54) is 0 Å². The van der Waals surface area contributed by atoms with E-state index in [4.69, 9.17) is 9.47 Å². The van der Waals surface area contributed by atoms with E-state index >= 15 is 0 Å². The first-order valence-corrected chi connectivity index (χ1v) is 6.27. The second-order valence-electron chi connectivity index (χ2n) is 5.50. The van der Waals surface area contributed by atoms with Gasteiger partial charge in [0.2, 0.25) is 0 Å². The molecule has 1 heterocycles. The molecule has 1 N–H and O–H groups in total. The summed E-state index contributed by atoms with van der Waals surface area (Å²) in [6.07, 6.45) is -0.398. The van der Waals surface area contributed by atoms with Crippen molar-refractivity contribution in [2.75, 3.05) is 18.1 Å². The summed E-state index contributed by atoms with van der Waals surface area (Å²) >= 11 is 0. The van der Waals surface area contributed by atoms with Crippen LogP contribution in [0, 0.1) is 0 Å². The predicted octanol–water partition coefficient (Wildman–Crippen LogP) is 2.66. The Morgan fingerprint density at radius 3 is 2.84 bits per heavy atom. The third-order valence-corrected chi connectivity index (χ3v) is 2.68. The van der Waals surface area contributed by atoms with Gasteiger partial charge in [-0.2, -0.15) is 0 Å². The minimum absolute atomic E-state index is 0.161. The summed E-state index contributed by atoms with van der Waals surface area (Å²) in [7, 11) is 0. The van der Waals surface area contributed by atoms with Crippen molar-refractivity contribution >= 4 is 11.8 Å². The number of carbonyl (C=O) groups is 1. The van der Waals surface area contributed by atoms with Gasteiger partial charge in [0.1, 0.15) is 11.4 Å². The van der Waals surface area contributed by atoms with E-state index in [1.807, 2.05) is 20.8 Å². The van der Waals surface area contributed by atoms with E-state index in [0.29, 0.717) is 19.8 Å². The Morgan fingerprint density at radius 2 is 2.16 bits per heavy atom. The lowest BCUT2D eigenvalue weighted by Gasteiger charge is -2.27. The maximum absolute atomic E-state index is 12.2. The van der Waals surface area contributed by atoms with Crippen molar-refractivity contribution in [3.8, 4) is 5.75 Å². The highest BCUT2D eigenvalue weighted by molar-refractivity contribution is 5.89. The Balaban J connectivity index is 2.29. The van der Waals surface area contributed by atoms with Crippen molar-refractivity contribution < 1.29 is 19.4 Å². The number of phenols is 1. The second kappa shape index (κ2) is 5.09. The van der Waals surface area contributed by atoms with Crippen LogP contribution in [0.25, 0.3) is 0 Å². The van der Waals surface area contributed by atoms with Crippen LogP contribution in [0.3, 0.4) is 0 Å². The van der Waals surface area contributed by atoms with Crippen LogP contribution >= 0.6 is 0 Å². The normalized spacial score (nSPS) is 15.6. The molecule has 0 saturated carbocycles.